The van der Waals surface area contributed by atoms with E-state index in [2.05, 4.69) is 11.1 Å². The standard InChI is InChI=1S/C21H19NO3/c1-13-20(21(24)25-12-14-5-3-2-4-6-14)18-10-16-9-17(23)8-7-15(16)11-19(18)22-13/h2-6,10-11,22H,7-9,12H2,1H3. The Hall–Kier alpha value is -2.88. The first-order valence-electron chi connectivity index (χ1n) is 8.48. The van der Waals surface area contributed by atoms with Crippen molar-refractivity contribution in [1.29, 1.82) is 0 Å². The molecule has 1 aliphatic carbocycles. The lowest BCUT2D eigenvalue weighted by atomic mass is 9.89. The van der Waals surface area contributed by atoms with Gasteiger partial charge in [-0.05, 0) is 42.2 Å². The zero-order valence-corrected chi connectivity index (χ0v) is 14.1. The number of benzene rings is 2. The van der Waals surface area contributed by atoms with Crippen molar-refractivity contribution in [1.82, 2.24) is 4.98 Å². The third kappa shape index (κ3) is 2.95. The fourth-order valence-corrected chi connectivity index (χ4v) is 3.50. The number of hydrogen-bond acceptors (Lipinski definition) is 3. The van der Waals surface area contributed by atoms with Crippen LogP contribution in [0.3, 0.4) is 0 Å². The Morgan fingerprint density at radius 3 is 2.72 bits per heavy atom. The molecule has 3 aromatic rings. The number of carbonyl (C=O) groups excluding carboxylic acids is 2. The fourth-order valence-electron chi connectivity index (χ4n) is 3.50. The van der Waals surface area contributed by atoms with Gasteiger partial charge in [-0.3, -0.25) is 4.79 Å². The van der Waals surface area contributed by atoms with E-state index in [1.165, 1.54) is 5.56 Å². The highest BCUT2D eigenvalue weighted by atomic mass is 16.5. The molecule has 0 spiro atoms. The molecule has 1 heterocycles. The van der Waals surface area contributed by atoms with E-state index in [1.807, 2.05) is 43.3 Å². The summed E-state index contributed by atoms with van der Waals surface area (Å²) in [6, 6.07) is 13.7. The molecule has 0 saturated heterocycles. The first-order chi connectivity index (χ1) is 12.1. The summed E-state index contributed by atoms with van der Waals surface area (Å²) < 4.78 is 5.50. The molecule has 126 valence electrons. The second-order valence-corrected chi connectivity index (χ2v) is 6.57. The van der Waals surface area contributed by atoms with Gasteiger partial charge in [0.05, 0.1) is 5.56 Å². The predicted octanol–water partition coefficient (Wildman–Crippen LogP) is 3.89. The van der Waals surface area contributed by atoms with Crippen molar-refractivity contribution >= 4 is 22.7 Å². The summed E-state index contributed by atoms with van der Waals surface area (Å²) in [4.78, 5) is 27.7. The van der Waals surface area contributed by atoms with Gasteiger partial charge in [0, 0.05) is 29.4 Å². The zero-order chi connectivity index (χ0) is 17.4. The zero-order valence-electron chi connectivity index (χ0n) is 14.1. The quantitative estimate of drug-likeness (QED) is 0.740. The summed E-state index contributed by atoms with van der Waals surface area (Å²) in [6.45, 7) is 2.12. The molecule has 0 radical (unpaired) electrons. The Labute approximate surface area is 145 Å². The number of nitrogens with one attached hydrogen (secondary N) is 1. The number of Topliss-reactive ketones (excluding diaryl/α,β-unsaturated/α-hetero) is 1. The average molecular weight is 333 g/mol. The smallest absolute Gasteiger partial charge is 0.340 e. The average Bonchev–Trinajstić information content (AvgIpc) is 2.93. The molecule has 0 amide bonds. The van der Waals surface area contributed by atoms with Crippen molar-refractivity contribution in [3.63, 3.8) is 0 Å². The van der Waals surface area contributed by atoms with Gasteiger partial charge in [-0.25, -0.2) is 4.79 Å². The maximum atomic E-state index is 12.6. The molecule has 0 unspecified atom stereocenters. The number of carbonyl (C=O) groups is 2. The van der Waals surface area contributed by atoms with Crippen LogP contribution >= 0.6 is 0 Å². The van der Waals surface area contributed by atoms with Gasteiger partial charge < -0.3 is 9.72 Å². The highest BCUT2D eigenvalue weighted by Gasteiger charge is 2.22. The molecular weight excluding hydrogens is 314 g/mol. The molecule has 1 aliphatic rings. The van der Waals surface area contributed by atoms with Crippen molar-refractivity contribution in [3.8, 4) is 0 Å². The number of H-pyrrole nitrogens is 1. The van der Waals surface area contributed by atoms with Crippen LogP contribution in [0.15, 0.2) is 42.5 Å². The molecule has 4 nitrogen and oxygen atoms in total. The van der Waals surface area contributed by atoms with Crippen LogP contribution < -0.4 is 0 Å². The first kappa shape index (κ1) is 15.6. The maximum absolute atomic E-state index is 12.6. The second kappa shape index (κ2) is 6.20. The summed E-state index contributed by atoms with van der Waals surface area (Å²) in [5, 5.41) is 0.837. The first-order valence-corrected chi connectivity index (χ1v) is 8.48. The molecule has 0 atom stereocenters. The minimum Gasteiger partial charge on any atom is -0.457 e. The van der Waals surface area contributed by atoms with Crippen molar-refractivity contribution in [2.75, 3.05) is 0 Å². The van der Waals surface area contributed by atoms with Gasteiger partial charge in [0.15, 0.2) is 0 Å². The number of esters is 1. The van der Waals surface area contributed by atoms with Gasteiger partial charge in [0.1, 0.15) is 12.4 Å². The van der Waals surface area contributed by atoms with E-state index in [0.29, 0.717) is 18.4 Å². The van der Waals surface area contributed by atoms with Gasteiger partial charge >= 0.3 is 5.97 Å². The summed E-state index contributed by atoms with van der Waals surface area (Å²) in [7, 11) is 0. The lowest BCUT2D eigenvalue weighted by Crippen LogP contribution is -2.13. The van der Waals surface area contributed by atoms with Gasteiger partial charge in [0.2, 0.25) is 0 Å². The Morgan fingerprint density at radius 1 is 1.12 bits per heavy atom. The molecule has 0 aliphatic heterocycles. The number of aryl methyl sites for hydroxylation is 2. The second-order valence-electron chi connectivity index (χ2n) is 6.57. The SMILES string of the molecule is Cc1[nH]c2cc3c(cc2c1C(=O)OCc1ccccc1)CC(=O)CC3. The van der Waals surface area contributed by atoms with Crippen LogP contribution in [0.4, 0.5) is 0 Å². The van der Waals surface area contributed by atoms with E-state index in [9.17, 15) is 9.59 Å². The largest absolute Gasteiger partial charge is 0.457 e. The van der Waals surface area contributed by atoms with E-state index in [1.54, 1.807) is 0 Å². The third-order valence-electron chi connectivity index (χ3n) is 4.78. The number of hydrogen-bond donors (Lipinski definition) is 1. The highest BCUT2D eigenvalue weighted by Crippen LogP contribution is 2.29. The molecule has 1 N–H and O–H groups in total. The molecule has 0 saturated carbocycles. The number of ketones is 1. The fraction of sp³-hybridized carbons (Fsp3) is 0.238. The molecule has 4 heteroatoms. The van der Waals surface area contributed by atoms with Crippen LogP contribution in [-0.2, 0) is 29.0 Å². The van der Waals surface area contributed by atoms with Crippen LogP contribution in [0.25, 0.3) is 10.9 Å². The monoisotopic (exact) mass is 333 g/mol. The summed E-state index contributed by atoms with van der Waals surface area (Å²) in [5.74, 6) is -0.0815. The van der Waals surface area contributed by atoms with Crippen LogP contribution in [-0.4, -0.2) is 16.7 Å². The van der Waals surface area contributed by atoms with Gasteiger partial charge in [-0.2, -0.15) is 0 Å². The molecule has 25 heavy (non-hydrogen) atoms. The number of aromatic nitrogens is 1. The molecule has 4 rings (SSSR count). The Morgan fingerprint density at radius 2 is 1.92 bits per heavy atom. The van der Waals surface area contributed by atoms with Crippen molar-refractivity contribution < 1.29 is 14.3 Å². The van der Waals surface area contributed by atoms with Crippen LogP contribution in [0, 0.1) is 6.92 Å². The number of aromatic amines is 1. The normalized spacial score (nSPS) is 13.7. The van der Waals surface area contributed by atoms with Crippen LogP contribution in [0.1, 0.15) is 39.2 Å². The molecule has 0 fully saturated rings. The Kier molecular flexibility index (Phi) is 3.88. The molecule has 1 aromatic heterocycles. The topological polar surface area (TPSA) is 59.2 Å². The summed E-state index contributed by atoms with van der Waals surface area (Å²) in [5.41, 5.74) is 5.46. The minimum absolute atomic E-state index is 0.245. The van der Waals surface area contributed by atoms with Gasteiger partial charge in [0.25, 0.3) is 0 Å². The highest BCUT2D eigenvalue weighted by molar-refractivity contribution is 6.06. The van der Waals surface area contributed by atoms with E-state index in [0.717, 1.165) is 34.1 Å². The summed E-state index contributed by atoms with van der Waals surface area (Å²) in [6.07, 6.45) is 1.83. The number of fused-ring (bicyclic) bond motifs is 2. The Bertz CT molecular complexity index is 970. The molecule has 2 aromatic carbocycles. The van der Waals surface area contributed by atoms with Crippen molar-refractivity contribution in [2.45, 2.75) is 32.8 Å². The molecular formula is C21H19NO3. The van der Waals surface area contributed by atoms with Crippen molar-refractivity contribution in [2.24, 2.45) is 0 Å². The predicted molar refractivity (Wildman–Crippen MR) is 95.6 cm³/mol. The van der Waals surface area contributed by atoms with E-state index in [4.69, 9.17) is 4.74 Å². The van der Waals surface area contributed by atoms with E-state index < -0.39 is 0 Å². The third-order valence-corrected chi connectivity index (χ3v) is 4.78. The maximum Gasteiger partial charge on any atom is 0.340 e. The van der Waals surface area contributed by atoms with E-state index in [-0.39, 0.29) is 18.4 Å². The number of rotatable bonds is 3. The molecule has 0 bridgehead atoms. The van der Waals surface area contributed by atoms with Gasteiger partial charge in [-0.1, -0.05) is 30.3 Å². The van der Waals surface area contributed by atoms with Crippen LogP contribution in [0.5, 0.6) is 0 Å². The number of ether oxygens (including phenoxy) is 1. The lowest BCUT2D eigenvalue weighted by molar-refractivity contribution is -0.118. The lowest BCUT2D eigenvalue weighted by Gasteiger charge is -2.15. The van der Waals surface area contributed by atoms with Gasteiger partial charge in [-0.15, -0.1) is 0 Å². The Balaban J connectivity index is 1.66. The van der Waals surface area contributed by atoms with E-state index >= 15 is 0 Å². The summed E-state index contributed by atoms with van der Waals surface area (Å²) >= 11 is 0. The minimum atomic E-state index is -0.338. The van der Waals surface area contributed by atoms with Crippen molar-refractivity contribution in [3.05, 3.63) is 70.4 Å². The van der Waals surface area contributed by atoms with Crippen LogP contribution in [0.2, 0.25) is 0 Å².